The first-order valence-corrected chi connectivity index (χ1v) is 5.89. The highest BCUT2D eigenvalue weighted by molar-refractivity contribution is 7.98. The second kappa shape index (κ2) is 8.61. The van der Waals surface area contributed by atoms with E-state index in [9.17, 15) is 0 Å². The molecule has 0 N–H and O–H groups in total. The fourth-order valence-electron chi connectivity index (χ4n) is 0.491. The molecule has 0 rings (SSSR count). The van der Waals surface area contributed by atoms with Crippen molar-refractivity contribution in [1.29, 1.82) is 10.5 Å². The maximum Gasteiger partial charge on any atom is 0.185 e. The molecule has 0 aromatic carbocycles. The molecule has 0 spiro atoms. The van der Waals surface area contributed by atoms with Crippen LogP contribution in [0, 0.1) is 22.7 Å². The highest BCUT2D eigenvalue weighted by Crippen LogP contribution is 2.05. The fourth-order valence-corrected chi connectivity index (χ4v) is 1.26. The average molecular weight is 226 g/mol. The van der Waals surface area contributed by atoms with Gasteiger partial charge in [-0.15, -0.1) is 0 Å². The number of hydrogen-bond donors (Lipinski definition) is 0. The van der Waals surface area contributed by atoms with Crippen LogP contribution in [0.2, 0.25) is 0 Å². The van der Waals surface area contributed by atoms with Crippen LogP contribution < -0.4 is 0 Å². The van der Waals surface area contributed by atoms with E-state index in [1.165, 1.54) is 23.9 Å². The van der Waals surface area contributed by atoms with Crippen molar-refractivity contribution in [1.82, 2.24) is 0 Å². The van der Waals surface area contributed by atoms with Crippen LogP contribution in [-0.4, -0.2) is 22.9 Å². The lowest BCUT2D eigenvalue weighted by Gasteiger charge is -1.92. The van der Waals surface area contributed by atoms with E-state index in [-0.39, 0.29) is 11.4 Å². The summed E-state index contributed by atoms with van der Waals surface area (Å²) in [5.74, 6) is 1.54. The zero-order chi connectivity index (χ0) is 10.8. The van der Waals surface area contributed by atoms with Crippen molar-refractivity contribution in [3.63, 3.8) is 0 Å². The van der Waals surface area contributed by atoms with E-state index >= 15 is 0 Å². The van der Waals surface area contributed by atoms with Gasteiger partial charge in [0.1, 0.15) is 12.1 Å². The van der Waals surface area contributed by atoms with E-state index in [2.05, 4.69) is 8.80 Å². The van der Waals surface area contributed by atoms with E-state index in [1.54, 1.807) is 0 Å². The summed E-state index contributed by atoms with van der Waals surface area (Å²) in [6, 6.07) is 3.72. The highest BCUT2D eigenvalue weighted by Gasteiger charge is 2.07. The average Bonchev–Trinajstić information content (AvgIpc) is 2.23. The van der Waals surface area contributed by atoms with Gasteiger partial charge in [0, 0.05) is 11.5 Å². The maximum absolute atomic E-state index is 8.72. The Bertz CT molecular complexity index is 276. The zero-order valence-electron chi connectivity index (χ0n) is 8.02. The molecular formula is C8H10N4S2. The summed E-state index contributed by atoms with van der Waals surface area (Å²) >= 11 is 2.48. The minimum Gasteiger partial charge on any atom is -0.202 e. The lowest BCUT2D eigenvalue weighted by Crippen LogP contribution is -2.08. The van der Waals surface area contributed by atoms with E-state index in [1.807, 2.05) is 26.0 Å². The van der Waals surface area contributed by atoms with Gasteiger partial charge in [0.2, 0.25) is 0 Å². The van der Waals surface area contributed by atoms with Gasteiger partial charge >= 0.3 is 0 Å². The molecule has 6 heteroatoms. The molecule has 0 aromatic rings. The van der Waals surface area contributed by atoms with E-state index in [0.717, 1.165) is 11.5 Å². The first-order chi connectivity index (χ1) is 6.79. The van der Waals surface area contributed by atoms with Crippen LogP contribution in [0.4, 0.5) is 0 Å². The lowest BCUT2D eigenvalue weighted by molar-refractivity contribution is 1.51. The lowest BCUT2D eigenvalue weighted by atomic mass is 10.3. The summed E-state index contributed by atoms with van der Waals surface area (Å²) in [5, 5.41) is 17.4. The van der Waals surface area contributed by atoms with Crippen LogP contribution in [0.25, 0.3) is 0 Å². The van der Waals surface area contributed by atoms with Crippen molar-refractivity contribution in [2.75, 3.05) is 11.5 Å². The molecule has 0 radical (unpaired) electrons. The van der Waals surface area contributed by atoms with Crippen LogP contribution in [-0.2, 0) is 0 Å². The molecule has 0 atom stereocenters. The van der Waals surface area contributed by atoms with Gasteiger partial charge in [-0.25, -0.2) is 8.80 Å². The minimum absolute atomic E-state index is 0.0975. The maximum atomic E-state index is 8.72. The van der Waals surface area contributed by atoms with Crippen molar-refractivity contribution in [3.8, 4) is 12.1 Å². The van der Waals surface area contributed by atoms with Gasteiger partial charge < -0.3 is 0 Å². The molecule has 0 unspecified atom stereocenters. The summed E-state index contributed by atoms with van der Waals surface area (Å²) in [7, 11) is 0. The summed E-state index contributed by atoms with van der Waals surface area (Å²) in [6.07, 6.45) is 0. The monoisotopic (exact) mass is 226 g/mol. The standard InChI is InChI=1S/C8H10N4S2/c1-3-13-11-7(5-9)8(6-10)12-14-4-2/h3-4H2,1-2H3/b11-7+,12-8+. The Morgan fingerprint density at radius 2 is 1.36 bits per heavy atom. The Labute approximate surface area is 92.4 Å². The van der Waals surface area contributed by atoms with Gasteiger partial charge in [0.25, 0.3) is 0 Å². The largest absolute Gasteiger partial charge is 0.202 e. The Balaban J connectivity index is 4.66. The highest BCUT2D eigenvalue weighted by atomic mass is 32.2. The van der Waals surface area contributed by atoms with Gasteiger partial charge in [0.05, 0.1) is 0 Å². The molecule has 0 amide bonds. The topological polar surface area (TPSA) is 72.3 Å². The van der Waals surface area contributed by atoms with Crippen LogP contribution in [0.3, 0.4) is 0 Å². The summed E-state index contributed by atoms with van der Waals surface area (Å²) < 4.78 is 7.78. The Morgan fingerprint density at radius 1 is 1.00 bits per heavy atom. The SMILES string of the molecule is CCS/N=C(C#N)/C(C#N)=N/SCC. The molecule has 74 valence electrons. The molecule has 0 aliphatic heterocycles. The zero-order valence-corrected chi connectivity index (χ0v) is 9.65. The Kier molecular flexibility index (Phi) is 8.01. The quantitative estimate of drug-likeness (QED) is 0.532. The van der Waals surface area contributed by atoms with Crippen molar-refractivity contribution >= 4 is 35.3 Å². The van der Waals surface area contributed by atoms with Gasteiger partial charge in [-0.2, -0.15) is 10.5 Å². The smallest absolute Gasteiger partial charge is 0.185 e. The van der Waals surface area contributed by atoms with Crippen molar-refractivity contribution in [2.24, 2.45) is 8.80 Å². The second-order valence-corrected chi connectivity index (χ2v) is 3.98. The summed E-state index contributed by atoms with van der Waals surface area (Å²) in [5.41, 5.74) is 0.195. The molecule has 0 aliphatic carbocycles. The molecule has 0 saturated heterocycles. The molecule has 0 bridgehead atoms. The number of rotatable bonds is 5. The van der Waals surface area contributed by atoms with E-state index in [4.69, 9.17) is 10.5 Å². The normalized spacial score (nSPS) is 12.0. The van der Waals surface area contributed by atoms with Crippen LogP contribution >= 0.6 is 23.9 Å². The first-order valence-electron chi connectivity index (χ1n) is 4.00. The van der Waals surface area contributed by atoms with Crippen LogP contribution in [0.5, 0.6) is 0 Å². The molecule has 0 aromatic heterocycles. The Hall–Kier alpha value is -0.980. The predicted octanol–water partition coefficient (Wildman–Crippen LogP) is 2.25. The van der Waals surface area contributed by atoms with Crippen molar-refractivity contribution < 1.29 is 0 Å². The van der Waals surface area contributed by atoms with Gasteiger partial charge in [-0.05, 0) is 23.9 Å². The third-order valence-corrected chi connectivity index (χ3v) is 2.15. The molecule has 4 nitrogen and oxygen atoms in total. The fraction of sp³-hybridized carbons (Fsp3) is 0.500. The summed E-state index contributed by atoms with van der Waals surface area (Å²) in [6.45, 7) is 3.85. The third kappa shape index (κ3) is 4.90. The van der Waals surface area contributed by atoms with Crippen LogP contribution in [0.1, 0.15) is 13.8 Å². The van der Waals surface area contributed by atoms with Gasteiger partial charge in [-0.1, -0.05) is 13.8 Å². The molecule has 0 heterocycles. The number of nitriles is 2. The van der Waals surface area contributed by atoms with E-state index < -0.39 is 0 Å². The molecule has 0 aliphatic rings. The molecule has 14 heavy (non-hydrogen) atoms. The van der Waals surface area contributed by atoms with Crippen molar-refractivity contribution in [3.05, 3.63) is 0 Å². The molecular weight excluding hydrogens is 216 g/mol. The first kappa shape index (κ1) is 13.0. The third-order valence-electron chi connectivity index (χ3n) is 1.01. The van der Waals surface area contributed by atoms with Gasteiger partial charge in [0.15, 0.2) is 11.4 Å². The van der Waals surface area contributed by atoms with Crippen LogP contribution in [0.15, 0.2) is 8.80 Å². The second-order valence-electron chi connectivity index (χ2n) is 1.94. The predicted molar refractivity (Wildman–Crippen MR) is 62.4 cm³/mol. The van der Waals surface area contributed by atoms with Gasteiger partial charge in [-0.3, -0.25) is 0 Å². The van der Waals surface area contributed by atoms with Crippen molar-refractivity contribution in [2.45, 2.75) is 13.8 Å². The number of hydrogen-bond acceptors (Lipinski definition) is 6. The number of nitrogens with zero attached hydrogens (tertiary/aromatic N) is 4. The molecule has 0 fully saturated rings. The molecule has 0 saturated carbocycles. The Morgan fingerprint density at radius 3 is 1.57 bits per heavy atom. The minimum atomic E-state index is 0.0975. The van der Waals surface area contributed by atoms with E-state index in [0.29, 0.717) is 0 Å². The summed E-state index contributed by atoms with van der Waals surface area (Å²) in [4.78, 5) is 0.